The second-order valence-electron chi connectivity index (χ2n) is 11.6. The summed E-state index contributed by atoms with van der Waals surface area (Å²) in [5.41, 5.74) is 6.36. The summed E-state index contributed by atoms with van der Waals surface area (Å²) in [4.78, 5) is 38.9. The normalized spacial score (nSPS) is 12.7. The molecule has 1 aromatic heterocycles. The number of allylic oxidation sites excluding steroid dienone is 1. The Balaban J connectivity index is 0.000000562. The SMILES string of the molecule is CC(C)C[C@@H](C(=O)NN(CC(C)C)C(=O)Cn1ccnn1)[C@H](CC=Cc1ccccc1)C(=O)NO.Cc1ccc(S(=O)(=O)O)cc1. The van der Waals surface area contributed by atoms with Crippen LogP contribution in [0.1, 0.15) is 51.7 Å². The van der Waals surface area contributed by atoms with Crippen molar-refractivity contribution in [1.82, 2.24) is 30.9 Å². The van der Waals surface area contributed by atoms with Crippen LogP contribution < -0.4 is 10.9 Å². The van der Waals surface area contributed by atoms with Crippen molar-refractivity contribution >= 4 is 33.9 Å². The van der Waals surface area contributed by atoms with Gasteiger partial charge in [-0.2, -0.15) is 8.42 Å². The average molecular weight is 657 g/mol. The largest absolute Gasteiger partial charge is 0.294 e. The quantitative estimate of drug-likeness (QED) is 0.120. The van der Waals surface area contributed by atoms with E-state index >= 15 is 0 Å². The Morgan fingerprint density at radius 2 is 1.61 bits per heavy atom. The molecule has 250 valence electrons. The van der Waals surface area contributed by atoms with E-state index in [0.29, 0.717) is 13.0 Å². The number of aromatic nitrogens is 3. The van der Waals surface area contributed by atoms with Crippen LogP contribution in [0.15, 0.2) is 78.0 Å². The minimum atomic E-state index is -4.02. The molecule has 0 bridgehead atoms. The standard InChI is InChI=1S/C25H36N6O4.C7H8O3S/c1-18(2)15-22(21(25(34)28-35)12-8-11-20-9-6-5-7-10-20)24(33)27-31(16-19(3)4)23(32)17-30-14-13-26-29-30;1-6-2-4-7(5-3-6)11(8,9)10/h5-11,13-14,18-19,21-22,35H,12,15-17H2,1-4H3,(H,27,33)(H,28,34);2-5H,1H3,(H,8,9,10)/t21-,22+;/m0./s1. The molecule has 0 saturated carbocycles. The summed E-state index contributed by atoms with van der Waals surface area (Å²) < 4.78 is 30.9. The summed E-state index contributed by atoms with van der Waals surface area (Å²) in [6.07, 6.45) is 7.36. The molecule has 0 spiro atoms. The molecule has 0 aliphatic heterocycles. The Hall–Kier alpha value is -4.40. The van der Waals surface area contributed by atoms with Gasteiger partial charge in [0, 0.05) is 12.7 Å². The van der Waals surface area contributed by atoms with Gasteiger partial charge in [0.1, 0.15) is 6.54 Å². The topological polar surface area (TPSA) is 184 Å². The van der Waals surface area contributed by atoms with Crippen molar-refractivity contribution < 1.29 is 32.6 Å². The molecule has 0 radical (unpaired) electrons. The van der Waals surface area contributed by atoms with E-state index < -0.39 is 33.8 Å². The monoisotopic (exact) mass is 656 g/mol. The number of rotatable bonds is 13. The zero-order valence-corrected chi connectivity index (χ0v) is 27.6. The number of amides is 3. The maximum atomic E-state index is 13.4. The van der Waals surface area contributed by atoms with Gasteiger partial charge < -0.3 is 0 Å². The first-order chi connectivity index (χ1) is 21.7. The van der Waals surface area contributed by atoms with Crippen LogP contribution in [0.2, 0.25) is 0 Å². The van der Waals surface area contributed by atoms with Crippen LogP contribution in [0.3, 0.4) is 0 Å². The third-order valence-corrected chi connectivity index (χ3v) is 7.54. The van der Waals surface area contributed by atoms with Gasteiger partial charge in [-0.3, -0.25) is 34.6 Å². The van der Waals surface area contributed by atoms with Gasteiger partial charge in [0.05, 0.1) is 22.9 Å². The summed E-state index contributed by atoms with van der Waals surface area (Å²) >= 11 is 0. The predicted octanol–water partition coefficient (Wildman–Crippen LogP) is 3.92. The molecule has 2 atom stereocenters. The van der Waals surface area contributed by atoms with Crippen molar-refractivity contribution in [3.05, 3.63) is 84.2 Å². The van der Waals surface area contributed by atoms with Crippen molar-refractivity contribution in [2.45, 2.75) is 58.9 Å². The number of hydrogen-bond acceptors (Lipinski definition) is 8. The molecule has 1 heterocycles. The molecule has 2 aromatic carbocycles. The van der Waals surface area contributed by atoms with Crippen LogP contribution in [0.5, 0.6) is 0 Å². The molecule has 0 aliphatic rings. The molecule has 4 N–H and O–H groups in total. The van der Waals surface area contributed by atoms with Gasteiger partial charge in [-0.15, -0.1) is 5.10 Å². The third kappa shape index (κ3) is 13.3. The minimum Gasteiger partial charge on any atom is -0.289 e. The molecule has 3 aromatic rings. The zero-order valence-electron chi connectivity index (χ0n) is 26.8. The zero-order chi connectivity index (χ0) is 34.3. The first kappa shape index (κ1) is 37.8. The number of nitrogens with one attached hydrogen (secondary N) is 2. The Labute approximate surface area is 270 Å². The number of hydrogen-bond donors (Lipinski definition) is 4. The van der Waals surface area contributed by atoms with Crippen LogP contribution in [0.4, 0.5) is 0 Å². The van der Waals surface area contributed by atoms with E-state index in [1.807, 2.05) is 77.1 Å². The van der Waals surface area contributed by atoms with Crippen molar-refractivity contribution in [2.75, 3.05) is 6.54 Å². The highest BCUT2D eigenvalue weighted by molar-refractivity contribution is 7.85. The first-order valence-corrected chi connectivity index (χ1v) is 16.3. The Morgan fingerprint density at radius 3 is 2.13 bits per heavy atom. The fourth-order valence-electron chi connectivity index (χ4n) is 4.46. The van der Waals surface area contributed by atoms with Gasteiger partial charge in [0.25, 0.3) is 16.0 Å². The molecular formula is C32H44N6O7S. The summed E-state index contributed by atoms with van der Waals surface area (Å²) in [5, 5.41) is 18.2. The van der Waals surface area contributed by atoms with E-state index in [9.17, 15) is 28.0 Å². The second kappa shape index (κ2) is 18.5. The van der Waals surface area contributed by atoms with Crippen molar-refractivity contribution in [3.63, 3.8) is 0 Å². The van der Waals surface area contributed by atoms with Gasteiger partial charge in [-0.25, -0.2) is 10.2 Å². The summed E-state index contributed by atoms with van der Waals surface area (Å²) in [5.74, 6) is -2.86. The number of hydroxylamine groups is 1. The lowest BCUT2D eigenvalue weighted by Gasteiger charge is -2.30. The van der Waals surface area contributed by atoms with E-state index in [4.69, 9.17) is 4.55 Å². The van der Waals surface area contributed by atoms with Crippen molar-refractivity contribution in [2.24, 2.45) is 23.7 Å². The van der Waals surface area contributed by atoms with Crippen molar-refractivity contribution in [3.8, 4) is 0 Å². The number of aryl methyl sites for hydroxylation is 1. The van der Waals surface area contributed by atoms with Crippen molar-refractivity contribution in [1.29, 1.82) is 0 Å². The maximum absolute atomic E-state index is 13.4. The Morgan fingerprint density at radius 1 is 0.957 bits per heavy atom. The highest BCUT2D eigenvalue weighted by Gasteiger charge is 2.35. The summed E-state index contributed by atoms with van der Waals surface area (Å²) in [6.45, 7) is 9.83. The Bertz CT molecular complexity index is 1510. The molecule has 0 fully saturated rings. The highest BCUT2D eigenvalue weighted by atomic mass is 32.2. The van der Waals surface area contributed by atoms with E-state index in [0.717, 1.165) is 11.1 Å². The summed E-state index contributed by atoms with van der Waals surface area (Å²) in [7, 11) is -4.02. The molecule has 0 aliphatic carbocycles. The smallest absolute Gasteiger partial charge is 0.289 e. The molecule has 3 rings (SSSR count). The number of nitrogens with zero attached hydrogens (tertiary/aromatic N) is 4. The van der Waals surface area contributed by atoms with Gasteiger partial charge >= 0.3 is 0 Å². The lowest BCUT2D eigenvalue weighted by Crippen LogP contribution is -2.53. The van der Waals surface area contributed by atoms with E-state index in [1.54, 1.807) is 23.8 Å². The fourth-order valence-corrected chi connectivity index (χ4v) is 4.94. The number of hydrazine groups is 1. The average Bonchev–Trinajstić information content (AvgIpc) is 3.51. The molecule has 46 heavy (non-hydrogen) atoms. The Kier molecular flexibility index (Phi) is 15.2. The maximum Gasteiger partial charge on any atom is 0.294 e. The highest BCUT2D eigenvalue weighted by Crippen LogP contribution is 2.26. The minimum absolute atomic E-state index is 0.0666. The molecular weight excluding hydrogens is 612 g/mol. The van der Waals surface area contributed by atoms with E-state index in [-0.39, 0.29) is 35.6 Å². The van der Waals surface area contributed by atoms with E-state index in [1.165, 1.54) is 28.0 Å². The third-order valence-electron chi connectivity index (χ3n) is 6.68. The molecule has 13 nitrogen and oxygen atoms in total. The van der Waals surface area contributed by atoms with Gasteiger partial charge in [-0.05, 0) is 49.3 Å². The van der Waals surface area contributed by atoms with Crippen LogP contribution in [0, 0.1) is 30.6 Å². The molecule has 0 unspecified atom stereocenters. The number of carbonyl (C=O) groups excluding carboxylic acids is 3. The molecule has 0 saturated heterocycles. The second-order valence-corrected chi connectivity index (χ2v) is 13.1. The molecule has 14 heteroatoms. The first-order valence-electron chi connectivity index (χ1n) is 14.9. The van der Waals surface area contributed by atoms with Crippen LogP contribution >= 0.6 is 0 Å². The number of benzene rings is 2. The predicted molar refractivity (Wildman–Crippen MR) is 172 cm³/mol. The van der Waals surface area contributed by atoms with Gasteiger partial charge in [0.15, 0.2) is 0 Å². The molecule has 3 amide bonds. The van der Waals surface area contributed by atoms with E-state index in [2.05, 4.69) is 15.7 Å². The van der Waals surface area contributed by atoms with Gasteiger partial charge in [-0.1, -0.05) is 93.1 Å². The summed E-state index contributed by atoms with van der Waals surface area (Å²) in [6, 6.07) is 15.6. The lowest BCUT2D eigenvalue weighted by molar-refractivity contribution is -0.148. The van der Waals surface area contributed by atoms with Gasteiger partial charge in [0.2, 0.25) is 11.8 Å². The van der Waals surface area contributed by atoms with Crippen LogP contribution in [0.25, 0.3) is 6.08 Å². The van der Waals surface area contributed by atoms with Crippen LogP contribution in [-0.4, -0.2) is 62.4 Å². The fraction of sp³-hybridized carbons (Fsp3) is 0.406. The van der Waals surface area contributed by atoms with Crippen LogP contribution in [-0.2, 0) is 31.0 Å². The lowest BCUT2D eigenvalue weighted by atomic mass is 9.82. The number of carbonyl (C=O) groups is 3.